The lowest BCUT2D eigenvalue weighted by atomic mass is 10.1. The first-order valence-corrected chi connectivity index (χ1v) is 5.79. The number of alkyl halides is 1. The highest BCUT2D eigenvalue weighted by atomic mass is 19.1. The Hall–Kier alpha value is -1.91. The average Bonchev–Trinajstić information content (AvgIpc) is 2.72. The van der Waals surface area contributed by atoms with E-state index >= 15 is 0 Å². The molecule has 0 radical (unpaired) electrons. The second kappa shape index (κ2) is 4.76. The van der Waals surface area contributed by atoms with Crippen LogP contribution >= 0.6 is 0 Å². The van der Waals surface area contributed by atoms with Crippen molar-refractivity contribution in [3.8, 4) is 0 Å². The number of imidazole rings is 1. The average molecular weight is 250 g/mol. The van der Waals surface area contributed by atoms with Crippen molar-refractivity contribution in [3.63, 3.8) is 0 Å². The van der Waals surface area contributed by atoms with E-state index in [0.717, 1.165) is 11.1 Å². The molecule has 0 saturated carbocycles. The fraction of sp³-hybridized carbons (Fsp3) is 0.385. The number of ether oxygens (including phenoxy) is 1. The summed E-state index contributed by atoms with van der Waals surface area (Å²) >= 11 is 0. The fourth-order valence-electron chi connectivity index (χ4n) is 1.79. The Morgan fingerprint density at radius 1 is 1.44 bits per heavy atom. The molecular formula is C13H15FN2O2. The van der Waals surface area contributed by atoms with Crippen LogP contribution in [0.25, 0.3) is 11.0 Å². The molecule has 0 aliphatic heterocycles. The minimum atomic E-state index is -1.85. The molecule has 1 aromatic heterocycles. The molecule has 96 valence electrons. The summed E-state index contributed by atoms with van der Waals surface area (Å²) in [5, 5.41) is 0. The molecule has 5 heteroatoms. The van der Waals surface area contributed by atoms with Gasteiger partial charge in [0, 0.05) is 0 Å². The van der Waals surface area contributed by atoms with E-state index in [1.165, 1.54) is 10.9 Å². The maximum Gasteiger partial charge on any atom is 0.362 e. The van der Waals surface area contributed by atoms with Gasteiger partial charge in [-0.05, 0) is 44.0 Å². The molecule has 1 atom stereocenters. The standard InChI is InChI=1S/C13H15FN2O2/c1-4-18-13(17)12(14)16-7-15-10-5-8(2)9(3)6-11(10)16/h5-7,12H,4H2,1-3H3. The van der Waals surface area contributed by atoms with Crippen molar-refractivity contribution in [1.82, 2.24) is 9.55 Å². The van der Waals surface area contributed by atoms with Gasteiger partial charge in [-0.3, -0.25) is 4.57 Å². The molecule has 0 aliphatic rings. The summed E-state index contributed by atoms with van der Waals surface area (Å²) in [5.74, 6) is -0.893. The molecule has 0 bridgehead atoms. The summed E-state index contributed by atoms with van der Waals surface area (Å²) in [4.78, 5) is 15.5. The van der Waals surface area contributed by atoms with Gasteiger partial charge < -0.3 is 4.74 Å². The van der Waals surface area contributed by atoms with Crippen LogP contribution in [-0.2, 0) is 9.53 Å². The van der Waals surface area contributed by atoms with Gasteiger partial charge >= 0.3 is 5.97 Å². The molecule has 0 N–H and O–H groups in total. The molecule has 1 aromatic carbocycles. The van der Waals surface area contributed by atoms with Crippen molar-refractivity contribution in [3.05, 3.63) is 29.6 Å². The molecule has 0 saturated heterocycles. The number of hydrogen-bond donors (Lipinski definition) is 0. The van der Waals surface area contributed by atoms with Crippen LogP contribution in [-0.4, -0.2) is 22.1 Å². The maximum atomic E-state index is 14.0. The topological polar surface area (TPSA) is 44.1 Å². The van der Waals surface area contributed by atoms with E-state index in [2.05, 4.69) is 9.72 Å². The SMILES string of the molecule is CCOC(=O)C(F)n1cnc2cc(C)c(C)cc21. The first-order valence-electron chi connectivity index (χ1n) is 5.79. The normalized spacial score (nSPS) is 12.7. The Kier molecular flexibility index (Phi) is 3.32. The number of carbonyl (C=O) groups excluding carboxylic acids is 1. The van der Waals surface area contributed by atoms with Gasteiger partial charge in [-0.2, -0.15) is 0 Å². The van der Waals surface area contributed by atoms with Gasteiger partial charge in [-0.1, -0.05) is 0 Å². The van der Waals surface area contributed by atoms with Gasteiger partial charge in [-0.15, -0.1) is 0 Å². The predicted octanol–water partition coefficient (Wildman–Crippen LogP) is 2.68. The third-order valence-corrected chi connectivity index (χ3v) is 2.92. The van der Waals surface area contributed by atoms with Gasteiger partial charge in [0.05, 0.1) is 24.0 Å². The maximum absolute atomic E-state index is 14.0. The Morgan fingerprint density at radius 3 is 2.78 bits per heavy atom. The summed E-state index contributed by atoms with van der Waals surface area (Å²) in [7, 11) is 0. The highest BCUT2D eigenvalue weighted by Gasteiger charge is 2.22. The number of aromatic nitrogens is 2. The fourth-order valence-corrected chi connectivity index (χ4v) is 1.79. The number of carbonyl (C=O) groups is 1. The minimum Gasteiger partial charge on any atom is -0.462 e. The van der Waals surface area contributed by atoms with Gasteiger partial charge in [0.2, 0.25) is 0 Å². The molecular weight excluding hydrogens is 235 g/mol. The quantitative estimate of drug-likeness (QED) is 0.787. The molecule has 0 amide bonds. The summed E-state index contributed by atoms with van der Waals surface area (Å²) < 4.78 is 19.8. The first-order chi connectivity index (χ1) is 8.54. The van der Waals surface area contributed by atoms with Crippen LogP contribution in [0, 0.1) is 13.8 Å². The van der Waals surface area contributed by atoms with Crippen molar-refractivity contribution >= 4 is 17.0 Å². The van der Waals surface area contributed by atoms with Crippen molar-refractivity contribution in [1.29, 1.82) is 0 Å². The lowest BCUT2D eigenvalue weighted by Crippen LogP contribution is -2.17. The number of esters is 1. The monoisotopic (exact) mass is 250 g/mol. The first kappa shape index (κ1) is 12.5. The minimum absolute atomic E-state index is 0.157. The number of nitrogens with zero attached hydrogens (tertiary/aromatic N) is 2. The highest BCUT2D eigenvalue weighted by molar-refractivity contribution is 5.81. The van der Waals surface area contributed by atoms with E-state index in [1.54, 1.807) is 6.92 Å². The predicted molar refractivity (Wildman–Crippen MR) is 66.0 cm³/mol. The van der Waals surface area contributed by atoms with E-state index in [9.17, 15) is 9.18 Å². The smallest absolute Gasteiger partial charge is 0.362 e. The zero-order valence-corrected chi connectivity index (χ0v) is 10.6. The van der Waals surface area contributed by atoms with Crippen LogP contribution in [0.4, 0.5) is 4.39 Å². The van der Waals surface area contributed by atoms with Crippen molar-refractivity contribution < 1.29 is 13.9 Å². The van der Waals surface area contributed by atoms with Crippen molar-refractivity contribution in [2.75, 3.05) is 6.61 Å². The second-order valence-electron chi connectivity index (χ2n) is 4.16. The van der Waals surface area contributed by atoms with E-state index in [4.69, 9.17) is 0 Å². The van der Waals surface area contributed by atoms with Gasteiger partial charge in [-0.25, -0.2) is 14.2 Å². The molecule has 4 nitrogen and oxygen atoms in total. The zero-order valence-electron chi connectivity index (χ0n) is 10.6. The van der Waals surface area contributed by atoms with Gasteiger partial charge in [0.25, 0.3) is 6.30 Å². The molecule has 0 spiro atoms. The summed E-state index contributed by atoms with van der Waals surface area (Å²) in [6.07, 6.45) is -0.525. The molecule has 1 unspecified atom stereocenters. The van der Waals surface area contributed by atoms with Crippen LogP contribution in [0.5, 0.6) is 0 Å². The zero-order chi connectivity index (χ0) is 13.3. The van der Waals surface area contributed by atoms with Gasteiger partial charge in [0.15, 0.2) is 0 Å². The number of halogens is 1. The van der Waals surface area contributed by atoms with Crippen molar-refractivity contribution in [2.45, 2.75) is 27.1 Å². The Bertz CT molecular complexity index is 592. The summed E-state index contributed by atoms with van der Waals surface area (Å²) in [5.41, 5.74) is 3.38. The number of fused-ring (bicyclic) bond motifs is 1. The Balaban J connectivity index is 2.46. The van der Waals surface area contributed by atoms with Crippen LogP contribution in [0.2, 0.25) is 0 Å². The molecule has 2 aromatic rings. The van der Waals surface area contributed by atoms with Gasteiger partial charge in [0.1, 0.15) is 0 Å². The van der Waals surface area contributed by atoms with E-state index in [0.29, 0.717) is 11.0 Å². The third-order valence-electron chi connectivity index (χ3n) is 2.92. The number of aryl methyl sites for hydroxylation is 2. The molecule has 18 heavy (non-hydrogen) atoms. The number of benzene rings is 1. The Labute approximate surface area is 104 Å². The van der Waals surface area contributed by atoms with Crippen LogP contribution < -0.4 is 0 Å². The van der Waals surface area contributed by atoms with Crippen LogP contribution in [0.3, 0.4) is 0 Å². The molecule has 2 rings (SSSR count). The molecule has 1 heterocycles. The second-order valence-corrected chi connectivity index (χ2v) is 4.16. The summed E-state index contributed by atoms with van der Waals surface area (Å²) in [6.45, 7) is 5.70. The third kappa shape index (κ3) is 2.08. The largest absolute Gasteiger partial charge is 0.462 e. The highest BCUT2D eigenvalue weighted by Crippen LogP contribution is 2.22. The summed E-state index contributed by atoms with van der Waals surface area (Å²) in [6, 6.07) is 3.70. The number of rotatable bonds is 3. The van der Waals surface area contributed by atoms with Crippen LogP contribution in [0.1, 0.15) is 24.3 Å². The van der Waals surface area contributed by atoms with E-state index in [1.807, 2.05) is 26.0 Å². The lowest BCUT2D eigenvalue weighted by Gasteiger charge is -2.10. The van der Waals surface area contributed by atoms with E-state index < -0.39 is 12.3 Å². The Morgan fingerprint density at radius 2 is 2.11 bits per heavy atom. The molecule has 0 aliphatic carbocycles. The number of hydrogen-bond acceptors (Lipinski definition) is 3. The van der Waals surface area contributed by atoms with E-state index in [-0.39, 0.29) is 6.61 Å². The van der Waals surface area contributed by atoms with Crippen molar-refractivity contribution in [2.24, 2.45) is 0 Å². The lowest BCUT2D eigenvalue weighted by molar-refractivity contribution is -0.152. The molecule has 0 fully saturated rings. The van der Waals surface area contributed by atoms with Crippen LogP contribution in [0.15, 0.2) is 18.5 Å².